The Balaban J connectivity index is 0.00000137. The lowest BCUT2D eigenvalue weighted by Crippen LogP contribution is -2.02. The van der Waals surface area contributed by atoms with Gasteiger partial charge in [-0.1, -0.05) is 46.8 Å². The molecule has 0 aliphatic heterocycles. The summed E-state index contributed by atoms with van der Waals surface area (Å²) in [5.74, 6) is 0.853. The lowest BCUT2D eigenvalue weighted by molar-refractivity contribution is -0.0328. The average Bonchev–Trinajstić information content (AvgIpc) is 2.29. The SMILES string of the molecule is CC.CC(C)C(C)c1ccc(SC(F)(F)F)cc1. The molecular formula is C14H21F3S. The highest BCUT2D eigenvalue weighted by Gasteiger charge is 2.29. The third-order valence-corrected chi connectivity index (χ3v) is 3.38. The second-order valence-electron chi connectivity index (χ2n) is 4.15. The summed E-state index contributed by atoms with van der Waals surface area (Å²) in [4.78, 5) is 0.243. The number of hydrogen-bond donors (Lipinski definition) is 0. The summed E-state index contributed by atoms with van der Waals surface area (Å²) in [5.41, 5.74) is -3.12. The van der Waals surface area contributed by atoms with Crippen LogP contribution in [0.4, 0.5) is 13.2 Å². The molecule has 0 radical (unpaired) electrons. The molecule has 1 aromatic carbocycles. The minimum atomic E-state index is -4.20. The highest BCUT2D eigenvalue weighted by atomic mass is 32.2. The van der Waals surface area contributed by atoms with Crippen LogP contribution in [0.2, 0.25) is 0 Å². The summed E-state index contributed by atoms with van der Waals surface area (Å²) in [6.07, 6.45) is 0. The first-order chi connectivity index (χ1) is 8.29. The van der Waals surface area contributed by atoms with Gasteiger partial charge < -0.3 is 0 Å². The van der Waals surface area contributed by atoms with E-state index >= 15 is 0 Å². The van der Waals surface area contributed by atoms with Gasteiger partial charge in [0, 0.05) is 4.90 Å². The molecule has 18 heavy (non-hydrogen) atoms. The molecule has 0 aliphatic carbocycles. The third-order valence-electron chi connectivity index (χ3n) is 2.64. The van der Waals surface area contributed by atoms with E-state index in [-0.39, 0.29) is 16.7 Å². The molecule has 0 spiro atoms. The van der Waals surface area contributed by atoms with Crippen LogP contribution >= 0.6 is 11.8 Å². The molecule has 0 saturated carbocycles. The van der Waals surface area contributed by atoms with Gasteiger partial charge in [0.05, 0.1) is 0 Å². The van der Waals surface area contributed by atoms with E-state index in [2.05, 4.69) is 20.8 Å². The van der Waals surface area contributed by atoms with Crippen molar-refractivity contribution in [2.75, 3.05) is 0 Å². The van der Waals surface area contributed by atoms with Gasteiger partial charge in [0.25, 0.3) is 0 Å². The molecule has 1 unspecified atom stereocenters. The van der Waals surface area contributed by atoms with Crippen molar-refractivity contribution in [3.8, 4) is 0 Å². The predicted octanol–water partition coefficient (Wildman–Crippen LogP) is 6.08. The smallest absolute Gasteiger partial charge is 0.160 e. The Bertz CT molecular complexity index is 328. The minimum absolute atomic E-state index is 0.0704. The number of rotatable bonds is 3. The number of alkyl halides is 3. The fourth-order valence-corrected chi connectivity index (χ4v) is 1.90. The minimum Gasteiger partial charge on any atom is -0.160 e. The molecule has 0 nitrogen and oxygen atoms in total. The summed E-state index contributed by atoms with van der Waals surface area (Å²) in [5, 5.41) is 0. The van der Waals surface area contributed by atoms with Crippen LogP contribution in [0.3, 0.4) is 0 Å². The summed E-state index contributed by atoms with van der Waals surface area (Å²) in [7, 11) is 0. The number of thioether (sulfide) groups is 1. The van der Waals surface area contributed by atoms with E-state index in [0.717, 1.165) is 5.56 Å². The van der Waals surface area contributed by atoms with Crippen LogP contribution in [0.1, 0.15) is 46.1 Å². The van der Waals surface area contributed by atoms with Crippen molar-refractivity contribution < 1.29 is 13.2 Å². The van der Waals surface area contributed by atoms with E-state index in [1.165, 1.54) is 12.1 Å². The molecule has 0 saturated heterocycles. The van der Waals surface area contributed by atoms with E-state index in [1.54, 1.807) is 12.1 Å². The molecule has 104 valence electrons. The number of halogens is 3. The fraction of sp³-hybridized carbons (Fsp3) is 0.571. The first-order valence-electron chi connectivity index (χ1n) is 6.15. The average molecular weight is 278 g/mol. The van der Waals surface area contributed by atoms with Crippen LogP contribution in [0, 0.1) is 5.92 Å². The van der Waals surface area contributed by atoms with Gasteiger partial charge in [-0.3, -0.25) is 0 Å². The molecule has 0 amide bonds. The maximum absolute atomic E-state index is 12.1. The molecule has 1 aromatic rings. The molecule has 0 bridgehead atoms. The lowest BCUT2D eigenvalue weighted by atomic mass is 9.90. The molecule has 0 fully saturated rings. The normalized spacial score (nSPS) is 12.9. The quantitative estimate of drug-likeness (QED) is 0.603. The Kier molecular flexibility index (Phi) is 7.45. The van der Waals surface area contributed by atoms with Crippen LogP contribution in [0.5, 0.6) is 0 Å². The van der Waals surface area contributed by atoms with Gasteiger partial charge in [0.1, 0.15) is 0 Å². The zero-order valence-electron chi connectivity index (χ0n) is 11.5. The highest BCUT2D eigenvalue weighted by molar-refractivity contribution is 8.00. The van der Waals surface area contributed by atoms with Crippen molar-refractivity contribution in [2.45, 2.75) is 50.9 Å². The third kappa shape index (κ3) is 6.34. The number of hydrogen-bond acceptors (Lipinski definition) is 1. The zero-order valence-corrected chi connectivity index (χ0v) is 12.3. The predicted molar refractivity (Wildman–Crippen MR) is 73.0 cm³/mol. The molecule has 4 heteroatoms. The monoisotopic (exact) mass is 278 g/mol. The van der Waals surface area contributed by atoms with Crippen molar-refractivity contribution in [1.29, 1.82) is 0 Å². The van der Waals surface area contributed by atoms with Crippen molar-refractivity contribution >= 4 is 11.8 Å². The van der Waals surface area contributed by atoms with Gasteiger partial charge in [-0.2, -0.15) is 13.2 Å². The highest BCUT2D eigenvalue weighted by Crippen LogP contribution is 2.37. The molecule has 0 aliphatic rings. The summed E-state index contributed by atoms with van der Waals surface area (Å²) in [6.45, 7) is 10.3. The van der Waals surface area contributed by atoms with Gasteiger partial charge in [-0.05, 0) is 41.3 Å². The summed E-state index contributed by atoms with van der Waals surface area (Å²) >= 11 is -0.0704. The Hall–Kier alpha value is -0.640. The first kappa shape index (κ1) is 17.4. The summed E-state index contributed by atoms with van der Waals surface area (Å²) in [6, 6.07) is 6.62. The van der Waals surface area contributed by atoms with Crippen LogP contribution in [-0.4, -0.2) is 5.51 Å². The fourth-order valence-electron chi connectivity index (χ4n) is 1.36. The van der Waals surface area contributed by atoms with E-state index in [1.807, 2.05) is 13.8 Å². The van der Waals surface area contributed by atoms with Crippen LogP contribution < -0.4 is 0 Å². The first-order valence-corrected chi connectivity index (χ1v) is 6.97. The Morgan fingerprint density at radius 1 is 0.944 bits per heavy atom. The van der Waals surface area contributed by atoms with Gasteiger partial charge in [-0.25, -0.2) is 0 Å². The maximum atomic E-state index is 12.1. The van der Waals surface area contributed by atoms with Crippen LogP contribution in [-0.2, 0) is 0 Å². The van der Waals surface area contributed by atoms with E-state index in [9.17, 15) is 13.2 Å². The molecule has 0 N–H and O–H groups in total. The lowest BCUT2D eigenvalue weighted by Gasteiger charge is -2.16. The van der Waals surface area contributed by atoms with Gasteiger partial charge in [-0.15, -0.1) is 0 Å². The van der Waals surface area contributed by atoms with Gasteiger partial charge in [0.2, 0.25) is 0 Å². The van der Waals surface area contributed by atoms with Gasteiger partial charge in [0.15, 0.2) is 0 Å². The molecule has 0 heterocycles. The zero-order chi connectivity index (χ0) is 14.3. The molecule has 0 aromatic heterocycles. The van der Waals surface area contributed by atoms with E-state index < -0.39 is 5.51 Å². The van der Waals surface area contributed by atoms with E-state index in [4.69, 9.17) is 0 Å². The second kappa shape index (κ2) is 7.72. The summed E-state index contributed by atoms with van der Waals surface area (Å²) < 4.78 is 36.3. The van der Waals surface area contributed by atoms with Gasteiger partial charge >= 0.3 is 5.51 Å². The molecule has 1 atom stereocenters. The van der Waals surface area contributed by atoms with Crippen molar-refractivity contribution in [3.05, 3.63) is 29.8 Å². The van der Waals surface area contributed by atoms with Crippen molar-refractivity contribution in [2.24, 2.45) is 5.92 Å². The standard InChI is InChI=1S/C12H15F3S.C2H6/c1-8(2)9(3)10-4-6-11(7-5-10)16-12(13,14)15;1-2/h4-9H,1-3H3;1-2H3. The number of benzene rings is 1. The Labute approximate surface area is 112 Å². The van der Waals surface area contributed by atoms with Crippen LogP contribution in [0.25, 0.3) is 0 Å². The van der Waals surface area contributed by atoms with Crippen molar-refractivity contribution in [3.63, 3.8) is 0 Å². The molecule has 1 rings (SSSR count). The maximum Gasteiger partial charge on any atom is 0.446 e. The topological polar surface area (TPSA) is 0 Å². The second-order valence-corrected chi connectivity index (χ2v) is 5.29. The Morgan fingerprint density at radius 2 is 1.39 bits per heavy atom. The van der Waals surface area contributed by atoms with E-state index in [0.29, 0.717) is 11.8 Å². The molecular weight excluding hydrogens is 257 g/mol. The Morgan fingerprint density at radius 3 is 1.72 bits per heavy atom. The van der Waals surface area contributed by atoms with Crippen LogP contribution in [0.15, 0.2) is 29.2 Å². The largest absolute Gasteiger partial charge is 0.446 e. The van der Waals surface area contributed by atoms with Crippen molar-refractivity contribution in [1.82, 2.24) is 0 Å².